The maximum absolute atomic E-state index is 13.5. The van der Waals surface area contributed by atoms with Crippen molar-refractivity contribution in [2.24, 2.45) is 5.92 Å². The Balaban J connectivity index is 1.65. The van der Waals surface area contributed by atoms with E-state index in [4.69, 9.17) is 9.47 Å². The Kier molecular flexibility index (Phi) is 7.32. The van der Waals surface area contributed by atoms with Crippen LogP contribution in [0.15, 0.2) is 48.5 Å². The number of carbonyl (C=O) groups is 1. The Labute approximate surface area is 203 Å². The lowest BCUT2D eigenvalue weighted by Crippen LogP contribution is -2.56. The molecule has 1 aliphatic heterocycles. The molecule has 0 bridgehead atoms. The van der Waals surface area contributed by atoms with E-state index in [0.29, 0.717) is 30.4 Å². The normalized spacial score (nSPS) is 24.8. The van der Waals surface area contributed by atoms with Crippen LogP contribution in [0.4, 0.5) is 0 Å². The van der Waals surface area contributed by atoms with Gasteiger partial charge in [-0.2, -0.15) is 0 Å². The lowest BCUT2D eigenvalue weighted by atomic mass is 9.66. The molecule has 2 aromatic carbocycles. The van der Waals surface area contributed by atoms with E-state index in [1.54, 1.807) is 20.3 Å². The fraction of sp³-hybridized carbons (Fsp3) is 0.483. The van der Waals surface area contributed by atoms with E-state index < -0.39 is 5.60 Å². The molecule has 2 aromatic rings. The van der Waals surface area contributed by atoms with Crippen molar-refractivity contribution >= 4 is 12.0 Å². The number of carbonyl (C=O) groups excluding carboxylic acids is 1. The Bertz CT molecular complexity index is 1030. The van der Waals surface area contributed by atoms with Gasteiger partial charge in [0.1, 0.15) is 0 Å². The highest BCUT2D eigenvalue weighted by Crippen LogP contribution is 2.50. The fourth-order valence-corrected chi connectivity index (χ4v) is 5.63. The van der Waals surface area contributed by atoms with E-state index in [1.165, 1.54) is 5.56 Å². The van der Waals surface area contributed by atoms with Crippen molar-refractivity contribution in [1.82, 2.24) is 4.90 Å². The minimum atomic E-state index is -0.733. The molecule has 5 nitrogen and oxygen atoms in total. The lowest BCUT2D eigenvalue weighted by molar-refractivity contribution is -0.150. The Morgan fingerprint density at radius 3 is 2.47 bits per heavy atom. The molecule has 5 heteroatoms. The van der Waals surface area contributed by atoms with Gasteiger partial charge in [0.25, 0.3) is 0 Å². The summed E-state index contributed by atoms with van der Waals surface area (Å²) in [5.41, 5.74) is 2.53. The molecular formula is C29H37NO4. The predicted molar refractivity (Wildman–Crippen MR) is 135 cm³/mol. The lowest BCUT2D eigenvalue weighted by Gasteiger charge is -2.52. The largest absolute Gasteiger partial charge is 0.493 e. The average molecular weight is 464 g/mol. The maximum Gasteiger partial charge on any atom is 0.247 e. The Hall–Kier alpha value is -2.79. The van der Waals surface area contributed by atoms with Crippen LogP contribution >= 0.6 is 0 Å². The SMILES string of the molecule is COc1ccc([C@H]2[C@H]3CCCC[C@]3(O)CCN2C(=O)/C=C/c2ccc(C(C)C)cc2)cc1OC. The smallest absolute Gasteiger partial charge is 0.247 e. The summed E-state index contributed by atoms with van der Waals surface area (Å²) in [4.78, 5) is 15.4. The number of nitrogens with zero attached hydrogens (tertiary/aromatic N) is 1. The first kappa shape index (κ1) is 24.3. The van der Waals surface area contributed by atoms with Crippen LogP contribution in [0.5, 0.6) is 11.5 Å². The molecule has 1 saturated carbocycles. The van der Waals surface area contributed by atoms with Gasteiger partial charge in [-0.3, -0.25) is 4.79 Å². The molecule has 2 fully saturated rings. The number of ether oxygens (including phenoxy) is 2. The van der Waals surface area contributed by atoms with Gasteiger partial charge in [0.05, 0.1) is 25.9 Å². The zero-order valence-corrected chi connectivity index (χ0v) is 20.8. The second kappa shape index (κ2) is 10.2. The van der Waals surface area contributed by atoms with Crippen LogP contribution in [-0.2, 0) is 4.79 Å². The molecule has 0 radical (unpaired) electrons. The summed E-state index contributed by atoms with van der Waals surface area (Å²) in [6.07, 6.45) is 7.97. The van der Waals surface area contributed by atoms with Gasteiger partial charge in [-0.1, -0.05) is 57.0 Å². The highest BCUT2D eigenvalue weighted by Gasteiger charge is 2.50. The van der Waals surface area contributed by atoms with Crippen molar-refractivity contribution in [3.63, 3.8) is 0 Å². The third-order valence-electron chi connectivity index (χ3n) is 7.62. The number of benzene rings is 2. The quantitative estimate of drug-likeness (QED) is 0.556. The fourth-order valence-electron chi connectivity index (χ4n) is 5.63. The van der Waals surface area contributed by atoms with Crippen molar-refractivity contribution in [1.29, 1.82) is 0 Å². The predicted octanol–water partition coefficient (Wildman–Crippen LogP) is 5.74. The monoisotopic (exact) mass is 463 g/mol. The second-order valence-electron chi connectivity index (χ2n) is 9.95. The summed E-state index contributed by atoms with van der Waals surface area (Å²) >= 11 is 0. The highest BCUT2D eigenvalue weighted by molar-refractivity contribution is 5.92. The van der Waals surface area contributed by atoms with Crippen LogP contribution in [0, 0.1) is 5.92 Å². The molecule has 182 valence electrons. The zero-order valence-electron chi connectivity index (χ0n) is 20.8. The third-order valence-corrected chi connectivity index (χ3v) is 7.62. The number of hydrogen-bond acceptors (Lipinski definition) is 4. The van der Waals surface area contributed by atoms with Crippen molar-refractivity contribution < 1.29 is 19.4 Å². The Morgan fingerprint density at radius 2 is 1.79 bits per heavy atom. The van der Waals surface area contributed by atoms with Gasteiger partial charge in [-0.15, -0.1) is 0 Å². The molecule has 3 atom stereocenters. The first-order valence-corrected chi connectivity index (χ1v) is 12.4. The molecule has 34 heavy (non-hydrogen) atoms. The Morgan fingerprint density at radius 1 is 1.06 bits per heavy atom. The van der Waals surface area contributed by atoms with Crippen LogP contribution in [0.2, 0.25) is 0 Å². The van der Waals surface area contributed by atoms with Crippen LogP contribution in [-0.4, -0.2) is 42.3 Å². The standard InChI is InChI=1S/C29H37NO4/c1-20(2)22-11-8-21(9-12-22)10-15-27(31)30-18-17-29(32)16-6-5-7-24(29)28(30)23-13-14-25(33-3)26(19-23)34-4/h8-15,19-20,24,28,32H,5-7,16-18H2,1-4H3/b15-10+/t24-,28+,29+/m1/s1. The van der Waals surface area contributed by atoms with E-state index in [2.05, 4.69) is 38.1 Å². The van der Waals surface area contributed by atoms with Gasteiger partial charge < -0.3 is 19.5 Å². The topological polar surface area (TPSA) is 59.0 Å². The zero-order chi connectivity index (χ0) is 24.3. The number of methoxy groups -OCH3 is 2. The molecule has 4 rings (SSSR count). The van der Waals surface area contributed by atoms with Gasteiger partial charge in [0, 0.05) is 18.5 Å². The van der Waals surface area contributed by atoms with Crippen molar-refractivity contribution in [2.45, 2.75) is 63.5 Å². The van der Waals surface area contributed by atoms with Gasteiger partial charge in [0.15, 0.2) is 11.5 Å². The van der Waals surface area contributed by atoms with Crippen LogP contribution in [0.1, 0.15) is 74.6 Å². The first-order chi connectivity index (χ1) is 16.4. The second-order valence-corrected chi connectivity index (χ2v) is 9.95. The van der Waals surface area contributed by atoms with Gasteiger partial charge in [-0.25, -0.2) is 0 Å². The summed E-state index contributed by atoms with van der Waals surface area (Å²) in [6.45, 7) is 4.87. The number of likely N-dealkylation sites (tertiary alicyclic amines) is 1. The van der Waals surface area contributed by atoms with Crippen LogP contribution in [0.3, 0.4) is 0 Å². The number of rotatable bonds is 6. The van der Waals surface area contributed by atoms with E-state index in [0.717, 1.165) is 36.8 Å². The van der Waals surface area contributed by atoms with Crippen molar-refractivity contribution in [3.8, 4) is 11.5 Å². The van der Waals surface area contributed by atoms with E-state index in [9.17, 15) is 9.90 Å². The molecule has 1 heterocycles. The number of hydrogen-bond donors (Lipinski definition) is 1. The molecule has 1 saturated heterocycles. The van der Waals surface area contributed by atoms with E-state index in [-0.39, 0.29) is 17.9 Å². The van der Waals surface area contributed by atoms with Gasteiger partial charge in [-0.05, 0) is 60.1 Å². The molecular weight excluding hydrogens is 426 g/mol. The summed E-state index contributed by atoms with van der Waals surface area (Å²) in [7, 11) is 3.24. The summed E-state index contributed by atoms with van der Waals surface area (Å²) in [6, 6.07) is 14.0. The summed E-state index contributed by atoms with van der Waals surface area (Å²) < 4.78 is 11.0. The molecule has 2 aliphatic rings. The first-order valence-electron chi connectivity index (χ1n) is 12.4. The minimum Gasteiger partial charge on any atom is -0.493 e. The molecule has 1 aliphatic carbocycles. The van der Waals surface area contributed by atoms with Gasteiger partial charge >= 0.3 is 0 Å². The average Bonchev–Trinajstić information content (AvgIpc) is 2.86. The number of aliphatic hydroxyl groups is 1. The summed E-state index contributed by atoms with van der Waals surface area (Å²) in [5, 5.41) is 11.5. The maximum atomic E-state index is 13.5. The number of amides is 1. The molecule has 0 spiro atoms. The van der Waals surface area contributed by atoms with Crippen LogP contribution < -0.4 is 9.47 Å². The van der Waals surface area contributed by atoms with Gasteiger partial charge in [0.2, 0.25) is 5.91 Å². The number of fused-ring (bicyclic) bond motifs is 1. The van der Waals surface area contributed by atoms with E-state index >= 15 is 0 Å². The molecule has 1 amide bonds. The molecule has 1 N–H and O–H groups in total. The van der Waals surface area contributed by atoms with E-state index in [1.807, 2.05) is 29.2 Å². The summed E-state index contributed by atoms with van der Waals surface area (Å²) in [5.74, 6) is 1.74. The molecule has 0 unspecified atom stereocenters. The third kappa shape index (κ3) is 4.85. The molecule has 0 aromatic heterocycles. The highest BCUT2D eigenvalue weighted by atomic mass is 16.5. The van der Waals surface area contributed by atoms with Crippen LogP contribution in [0.25, 0.3) is 6.08 Å². The number of piperidine rings is 1. The minimum absolute atomic E-state index is 0.00391. The van der Waals surface area contributed by atoms with Crippen molar-refractivity contribution in [2.75, 3.05) is 20.8 Å². The van der Waals surface area contributed by atoms with Crippen molar-refractivity contribution in [3.05, 3.63) is 65.2 Å².